The second-order valence-electron chi connectivity index (χ2n) is 3.53. The maximum atomic E-state index is 12.9. The molecule has 1 nitrogen and oxygen atoms in total. The molecule has 0 amide bonds. The predicted octanol–water partition coefficient (Wildman–Crippen LogP) is 3.99. The Bertz CT molecular complexity index is 567. The van der Waals surface area contributed by atoms with Crippen LogP contribution in [-0.4, -0.2) is 6.21 Å². The Morgan fingerprint density at radius 2 is 1.39 bits per heavy atom. The van der Waals surface area contributed by atoms with E-state index in [1.54, 1.807) is 0 Å². The van der Waals surface area contributed by atoms with Gasteiger partial charge in [-0.25, -0.2) is 17.6 Å². The predicted molar refractivity (Wildman–Crippen MR) is 60.0 cm³/mol. The Morgan fingerprint density at radius 1 is 0.833 bits per heavy atom. The molecule has 0 spiro atoms. The molecule has 0 aliphatic carbocycles. The lowest BCUT2D eigenvalue weighted by atomic mass is 10.2. The molecule has 2 rings (SSSR count). The summed E-state index contributed by atoms with van der Waals surface area (Å²) in [5, 5.41) is 0. The van der Waals surface area contributed by atoms with Crippen molar-refractivity contribution >= 4 is 11.9 Å². The van der Waals surface area contributed by atoms with Crippen molar-refractivity contribution in [3.05, 3.63) is 65.2 Å². The minimum Gasteiger partial charge on any atom is -0.256 e. The normalized spacial score (nSPS) is 11.1. The van der Waals surface area contributed by atoms with Gasteiger partial charge in [0.05, 0.1) is 5.69 Å². The highest BCUT2D eigenvalue weighted by atomic mass is 19.2. The van der Waals surface area contributed by atoms with Crippen LogP contribution in [0.5, 0.6) is 0 Å². The van der Waals surface area contributed by atoms with Crippen LogP contribution < -0.4 is 0 Å². The quantitative estimate of drug-likeness (QED) is 0.436. The molecule has 0 heterocycles. The van der Waals surface area contributed by atoms with Crippen molar-refractivity contribution in [2.75, 3.05) is 0 Å². The molecule has 0 aromatic heterocycles. The Balaban J connectivity index is 2.26. The van der Waals surface area contributed by atoms with Crippen molar-refractivity contribution in [3.63, 3.8) is 0 Å². The minimum absolute atomic E-state index is 0.0794. The molecule has 0 bridgehead atoms. The minimum atomic E-state index is -1.52. The molecule has 2 aromatic rings. The van der Waals surface area contributed by atoms with Gasteiger partial charge in [0.25, 0.3) is 0 Å². The molecular weight excluding hydrogens is 246 g/mol. The fraction of sp³-hybridized carbons (Fsp3) is 0. The third-order valence-electron chi connectivity index (χ3n) is 2.20. The van der Waals surface area contributed by atoms with E-state index >= 15 is 0 Å². The summed E-state index contributed by atoms with van der Waals surface area (Å²) in [5.74, 6) is -4.49. The molecule has 0 atom stereocenters. The lowest BCUT2D eigenvalue weighted by molar-refractivity contribution is 0.447. The number of nitrogens with zero attached hydrogens (tertiary/aromatic N) is 1. The van der Waals surface area contributed by atoms with Gasteiger partial charge in [0, 0.05) is 6.21 Å². The molecule has 2 aromatic carbocycles. The topological polar surface area (TPSA) is 12.4 Å². The lowest BCUT2D eigenvalue weighted by Gasteiger charge is -1.98. The van der Waals surface area contributed by atoms with Crippen LogP contribution in [0, 0.1) is 23.3 Å². The van der Waals surface area contributed by atoms with Gasteiger partial charge >= 0.3 is 0 Å². The summed E-state index contributed by atoms with van der Waals surface area (Å²) in [7, 11) is 0. The van der Waals surface area contributed by atoms with Crippen molar-refractivity contribution in [1.82, 2.24) is 0 Å². The van der Waals surface area contributed by atoms with Gasteiger partial charge in [-0.05, 0) is 42.0 Å². The summed E-state index contributed by atoms with van der Waals surface area (Å²) in [5.41, 5.74) is 0.497. The van der Waals surface area contributed by atoms with Gasteiger partial charge < -0.3 is 0 Å². The highest BCUT2D eigenvalue weighted by Gasteiger charge is 2.09. The molecule has 0 unspecified atom stereocenters. The molecule has 0 saturated heterocycles. The molecule has 0 aliphatic rings. The van der Waals surface area contributed by atoms with Gasteiger partial charge in [0.15, 0.2) is 17.5 Å². The van der Waals surface area contributed by atoms with Crippen LogP contribution in [-0.2, 0) is 0 Å². The number of hydrogen-bond donors (Lipinski definition) is 0. The molecule has 0 aliphatic heterocycles. The number of halogens is 4. The summed E-state index contributed by atoms with van der Waals surface area (Å²) in [4.78, 5) is 3.88. The van der Waals surface area contributed by atoms with Gasteiger partial charge in [-0.15, -0.1) is 0 Å². The second kappa shape index (κ2) is 5.00. The molecule has 0 N–H and O–H groups in total. The van der Waals surface area contributed by atoms with Gasteiger partial charge in [-0.2, -0.15) is 0 Å². The monoisotopic (exact) mass is 253 g/mol. The van der Waals surface area contributed by atoms with Crippen molar-refractivity contribution < 1.29 is 17.6 Å². The van der Waals surface area contributed by atoms with E-state index < -0.39 is 23.3 Å². The van der Waals surface area contributed by atoms with Crippen molar-refractivity contribution in [1.29, 1.82) is 0 Å². The first kappa shape index (κ1) is 12.3. The molecule has 0 saturated carbocycles. The first-order valence-electron chi connectivity index (χ1n) is 5.00. The smallest absolute Gasteiger partial charge is 0.194 e. The van der Waals surface area contributed by atoms with E-state index in [0.717, 1.165) is 12.1 Å². The van der Waals surface area contributed by atoms with Crippen molar-refractivity contribution in [2.24, 2.45) is 4.99 Å². The van der Waals surface area contributed by atoms with Crippen molar-refractivity contribution in [2.45, 2.75) is 0 Å². The third kappa shape index (κ3) is 2.74. The van der Waals surface area contributed by atoms with Gasteiger partial charge in [-0.3, -0.25) is 4.99 Å². The highest BCUT2D eigenvalue weighted by Crippen LogP contribution is 2.15. The largest absolute Gasteiger partial charge is 0.256 e. The van der Waals surface area contributed by atoms with E-state index in [4.69, 9.17) is 0 Å². The maximum absolute atomic E-state index is 12.9. The van der Waals surface area contributed by atoms with Crippen LogP contribution in [0.25, 0.3) is 0 Å². The molecule has 0 radical (unpaired) electrons. The summed E-state index contributed by atoms with van der Waals surface area (Å²) in [6.45, 7) is 0. The van der Waals surface area contributed by atoms with Crippen LogP contribution >= 0.6 is 0 Å². The summed E-state index contributed by atoms with van der Waals surface area (Å²) >= 11 is 0. The fourth-order valence-electron chi connectivity index (χ4n) is 1.33. The highest BCUT2D eigenvalue weighted by molar-refractivity contribution is 5.81. The van der Waals surface area contributed by atoms with E-state index in [0.29, 0.717) is 5.69 Å². The van der Waals surface area contributed by atoms with E-state index in [2.05, 4.69) is 4.99 Å². The zero-order valence-corrected chi connectivity index (χ0v) is 9.00. The zero-order chi connectivity index (χ0) is 13.1. The summed E-state index contributed by atoms with van der Waals surface area (Å²) in [6.07, 6.45) is 1.17. The second-order valence-corrected chi connectivity index (χ2v) is 3.53. The van der Waals surface area contributed by atoms with E-state index in [1.165, 1.54) is 30.5 Å². The van der Waals surface area contributed by atoms with E-state index in [9.17, 15) is 17.6 Å². The standard InChI is InChI=1S/C13H7F4N/c14-9-1-3-10(4-2-9)18-7-8-5-11(15)13(17)12(16)6-8/h1-7H. The lowest BCUT2D eigenvalue weighted by Crippen LogP contribution is -1.93. The molecular formula is C13H7F4N. The Labute approximate surface area is 100 Å². The van der Waals surface area contributed by atoms with Crippen LogP contribution in [0.3, 0.4) is 0 Å². The molecule has 5 heteroatoms. The SMILES string of the molecule is Fc1ccc(N=Cc2cc(F)c(F)c(F)c2)cc1. The Kier molecular flexibility index (Phi) is 3.41. The Morgan fingerprint density at radius 3 is 1.94 bits per heavy atom. The fourth-order valence-corrected chi connectivity index (χ4v) is 1.33. The molecule has 92 valence electrons. The Hall–Kier alpha value is -2.17. The summed E-state index contributed by atoms with van der Waals surface area (Å²) < 4.78 is 51.1. The van der Waals surface area contributed by atoms with E-state index in [1.807, 2.05) is 0 Å². The van der Waals surface area contributed by atoms with E-state index in [-0.39, 0.29) is 5.56 Å². The van der Waals surface area contributed by atoms with Crippen LogP contribution in [0.4, 0.5) is 23.2 Å². The van der Waals surface area contributed by atoms with Gasteiger partial charge in [0.1, 0.15) is 5.82 Å². The molecule has 18 heavy (non-hydrogen) atoms. The molecule has 0 fully saturated rings. The number of hydrogen-bond acceptors (Lipinski definition) is 1. The first-order chi connectivity index (χ1) is 8.56. The summed E-state index contributed by atoms with van der Waals surface area (Å²) in [6, 6.07) is 6.87. The average molecular weight is 253 g/mol. The number of benzene rings is 2. The maximum Gasteiger partial charge on any atom is 0.194 e. The van der Waals surface area contributed by atoms with Gasteiger partial charge in [0.2, 0.25) is 0 Å². The average Bonchev–Trinajstić information content (AvgIpc) is 2.35. The van der Waals surface area contributed by atoms with Crippen LogP contribution in [0.15, 0.2) is 41.4 Å². The first-order valence-corrected chi connectivity index (χ1v) is 5.00. The van der Waals surface area contributed by atoms with Crippen molar-refractivity contribution in [3.8, 4) is 0 Å². The van der Waals surface area contributed by atoms with Crippen LogP contribution in [0.2, 0.25) is 0 Å². The van der Waals surface area contributed by atoms with Crippen LogP contribution in [0.1, 0.15) is 5.56 Å². The van der Waals surface area contributed by atoms with Gasteiger partial charge in [-0.1, -0.05) is 0 Å². The zero-order valence-electron chi connectivity index (χ0n) is 9.00. The number of aliphatic imine (C=N–C) groups is 1. The third-order valence-corrected chi connectivity index (χ3v) is 2.20. The number of rotatable bonds is 2.